The molecule has 0 spiro atoms. The van der Waals surface area contributed by atoms with Crippen LogP contribution in [-0.2, 0) is 14.8 Å². The molecule has 30 heavy (non-hydrogen) atoms. The molecule has 0 aliphatic carbocycles. The maximum absolute atomic E-state index is 13.1. The van der Waals surface area contributed by atoms with Crippen molar-refractivity contribution in [2.45, 2.75) is 57.4 Å². The van der Waals surface area contributed by atoms with E-state index in [2.05, 4.69) is 26.4 Å². The second kappa shape index (κ2) is 10.0. The lowest BCUT2D eigenvalue weighted by Gasteiger charge is -2.30. The van der Waals surface area contributed by atoms with Crippen molar-refractivity contribution in [2.75, 3.05) is 25.0 Å². The van der Waals surface area contributed by atoms with Crippen molar-refractivity contribution in [1.82, 2.24) is 9.62 Å². The van der Waals surface area contributed by atoms with Gasteiger partial charge in [-0.2, -0.15) is 11.3 Å². The van der Waals surface area contributed by atoms with Gasteiger partial charge < -0.3 is 5.32 Å². The van der Waals surface area contributed by atoms with Crippen LogP contribution in [0.15, 0.2) is 33.9 Å². The summed E-state index contributed by atoms with van der Waals surface area (Å²) in [5, 5.41) is 6.93. The normalized spacial score (nSPS) is 16.8. The molecule has 1 aromatic heterocycles. The number of amides is 1. The summed E-state index contributed by atoms with van der Waals surface area (Å²) in [6.07, 6.45) is 4.77. The largest absolute Gasteiger partial charge is 0.326 e. The Kier molecular flexibility index (Phi) is 7.68. The number of aryl methyl sites for hydroxylation is 2. The number of likely N-dealkylation sites (tertiary alicyclic amines) is 1. The zero-order valence-electron chi connectivity index (χ0n) is 17.9. The summed E-state index contributed by atoms with van der Waals surface area (Å²) in [5.41, 5.74) is 3.29. The molecule has 2 N–H and O–H groups in total. The lowest BCUT2D eigenvalue weighted by Crippen LogP contribution is -2.38. The number of thiophene rings is 1. The van der Waals surface area contributed by atoms with Gasteiger partial charge in [0.1, 0.15) is 0 Å². The van der Waals surface area contributed by atoms with Crippen LogP contribution in [0.2, 0.25) is 0 Å². The molecule has 2 aromatic rings. The van der Waals surface area contributed by atoms with Gasteiger partial charge in [-0.1, -0.05) is 12.8 Å². The molecule has 1 saturated heterocycles. The number of sulfonamides is 1. The molecule has 1 amide bonds. The number of hydrogen-bond donors (Lipinski definition) is 2. The van der Waals surface area contributed by atoms with Crippen LogP contribution < -0.4 is 10.0 Å². The van der Waals surface area contributed by atoms with Gasteiger partial charge in [-0.25, -0.2) is 13.1 Å². The van der Waals surface area contributed by atoms with E-state index < -0.39 is 10.0 Å². The van der Waals surface area contributed by atoms with Gasteiger partial charge in [0.2, 0.25) is 15.9 Å². The highest BCUT2D eigenvalue weighted by atomic mass is 32.2. The Morgan fingerprint density at radius 3 is 2.30 bits per heavy atom. The van der Waals surface area contributed by atoms with Crippen molar-refractivity contribution in [3.63, 3.8) is 0 Å². The maximum Gasteiger partial charge on any atom is 0.240 e. The van der Waals surface area contributed by atoms with E-state index in [0.29, 0.717) is 12.2 Å². The standard InChI is InChI=1S/C22H31N3O3S2/c1-16-12-20(13-17(2)22(16)24-18(3)26)30(27,28)23-14-21(19-8-11-29-15-19)25-9-6-4-5-7-10-25/h8,11-13,15,21,23H,4-7,9-10,14H2,1-3H3,(H,24,26). The molecule has 8 heteroatoms. The minimum atomic E-state index is -3.67. The Morgan fingerprint density at radius 2 is 1.77 bits per heavy atom. The van der Waals surface area contributed by atoms with E-state index in [9.17, 15) is 13.2 Å². The zero-order chi connectivity index (χ0) is 21.7. The lowest BCUT2D eigenvalue weighted by atomic mass is 10.1. The summed E-state index contributed by atoms with van der Waals surface area (Å²) >= 11 is 1.64. The Balaban J connectivity index is 1.80. The summed E-state index contributed by atoms with van der Waals surface area (Å²) in [5.74, 6) is -0.175. The van der Waals surface area contributed by atoms with Crippen LogP contribution in [0.25, 0.3) is 0 Å². The molecule has 1 atom stereocenters. The third kappa shape index (κ3) is 5.69. The smallest absolute Gasteiger partial charge is 0.240 e. The topological polar surface area (TPSA) is 78.5 Å². The number of hydrogen-bond acceptors (Lipinski definition) is 5. The average Bonchev–Trinajstić information content (AvgIpc) is 3.07. The molecule has 0 bridgehead atoms. The Labute approximate surface area is 183 Å². The number of carbonyl (C=O) groups is 1. The molecular weight excluding hydrogens is 418 g/mol. The molecular formula is C22H31N3O3S2. The molecule has 0 radical (unpaired) electrons. The number of nitrogens with zero attached hydrogens (tertiary/aromatic N) is 1. The summed E-state index contributed by atoms with van der Waals surface area (Å²) in [6.45, 7) is 7.38. The Morgan fingerprint density at radius 1 is 1.13 bits per heavy atom. The number of benzene rings is 1. The molecule has 6 nitrogen and oxygen atoms in total. The Bertz CT molecular complexity index is 941. The van der Waals surface area contributed by atoms with Gasteiger partial charge in [0.25, 0.3) is 0 Å². The van der Waals surface area contributed by atoms with Crippen LogP contribution in [0.5, 0.6) is 0 Å². The first-order chi connectivity index (χ1) is 14.3. The van der Waals surface area contributed by atoms with Crippen molar-refractivity contribution in [3.05, 3.63) is 45.6 Å². The summed E-state index contributed by atoms with van der Waals surface area (Å²) in [4.78, 5) is 14.1. The van der Waals surface area contributed by atoms with Gasteiger partial charge in [-0.15, -0.1) is 0 Å². The first-order valence-electron chi connectivity index (χ1n) is 10.4. The third-order valence-electron chi connectivity index (χ3n) is 5.59. The number of rotatable bonds is 7. The van der Waals surface area contributed by atoms with Gasteiger partial charge in [0, 0.05) is 25.2 Å². The van der Waals surface area contributed by atoms with Crippen molar-refractivity contribution < 1.29 is 13.2 Å². The molecule has 1 aromatic carbocycles. The van der Waals surface area contributed by atoms with Crippen molar-refractivity contribution in [2.24, 2.45) is 0 Å². The maximum atomic E-state index is 13.1. The minimum absolute atomic E-state index is 0.0324. The third-order valence-corrected chi connectivity index (χ3v) is 7.70. The molecule has 1 aliphatic rings. The van der Waals surface area contributed by atoms with E-state index in [4.69, 9.17) is 0 Å². The van der Waals surface area contributed by atoms with Crippen LogP contribution in [0.4, 0.5) is 5.69 Å². The van der Waals surface area contributed by atoms with E-state index in [-0.39, 0.29) is 16.8 Å². The van der Waals surface area contributed by atoms with E-state index >= 15 is 0 Å². The molecule has 2 heterocycles. The summed E-state index contributed by atoms with van der Waals surface area (Å²) < 4.78 is 29.0. The number of carbonyl (C=O) groups excluding carboxylic acids is 1. The molecule has 1 fully saturated rings. The predicted molar refractivity (Wildman–Crippen MR) is 123 cm³/mol. The van der Waals surface area contributed by atoms with Crippen molar-refractivity contribution in [1.29, 1.82) is 0 Å². The summed E-state index contributed by atoms with van der Waals surface area (Å²) in [6, 6.07) is 5.36. The van der Waals surface area contributed by atoms with E-state index in [1.807, 2.05) is 19.2 Å². The van der Waals surface area contributed by atoms with Crippen molar-refractivity contribution >= 4 is 33.0 Å². The van der Waals surface area contributed by atoms with Crippen LogP contribution in [0.1, 0.15) is 55.3 Å². The second-order valence-corrected chi connectivity index (χ2v) is 10.5. The second-order valence-electron chi connectivity index (χ2n) is 7.99. The monoisotopic (exact) mass is 449 g/mol. The fourth-order valence-electron chi connectivity index (χ4n) is 4.05. The first kappa shape index (κ1) is 22.9. The molecule has 1 aliphatic heterocycles. The average molecular weight is 450 g/mol. The fraction of sp³-hybridized carbons (Fsp3) is 0.500. The highest BCUT2D eigenvalue weighted by Gasteiger charge is 2.25. The zero-order valence-corrected chi connectivity index (χ0v) is 19.5. The summed E-state index contributed by atoms with van der Waals surface area (Å²) in [7, 11) is -3.67. The molecule has 3 rings (SSSR count). The molecule has 164 valence electrons. The molecule has 1 unspecified atom stereocenters. The van der Waals surface area contributed by atoms with Gasteiger partial charge in [-0.05, 0) is 85.4 Å². The predicted octanol–water partition coefficient (Wildman–Crippen LogP) is 4.22. The van der Waals surface area contributed by atoms with Crippen LogP contribution in [-0.4, -0.2) is 38.9 Å². The number of nitrogens with one attached hydrogen (secondary N) is 2. The SMILES string of the molecule is CC(=O)Nc1c(C)cc(S(=O)(=O)NCC(c2ccsc2)N2CCCCCC2)cc1C. The quantitative estimate of drug-likeness (QED) is 0.663. The van der Waals surface area contributed by atoms with E-state index in [1.54, 1.807) is 23.5 Å². The lowest BCUT2D eigenvalue weighted by molar-refractivity contribution is -0.114. The minimum Gasteiger partial charge on any atom is -0.326 e. The molecule has 0 saturated carbocycles. The number of anilines is 1. The van der Waals surface area contributed by atoms with E-state index in [1.165, 1.54) is 19.8 Å². The van der Waals surface area contributed by atoms with Gasteiger partial charge in [-0.3, -0.25) is 9.69 Å². The van der Waals surface area contributed by atoms with Crippen LogP contribution >= 0.6 is 11.3 Å². The van der Waals surface area contributed by atoms with Gasteiger partial charge >= 0.3 is 0 Å². The highest BCUT2D eigenvalue weighted by molar-refractivity contribution is 7.89. The van der Waals surface area contributed by atoms with Crippen LogP contribution in [0.3, 0.4) is 0 Å². The first-order valence-corrected chi connectivity index (χ1v) is 12.8. The van der Waals surface area contributed by atoms with Crippen LogP contribution in [0, 0.1) is 13.8 Å². The Hall–Kier alpha value is -1.74. The van der Waals surface area contributed by atoms with Gasteiger partial charge in [0.15, 0.2) is 0 Å². The highest BCUT2D eigenvalue weighted by Crippen LogP contribution is 2.28. The van der Waals surface area contributed by atoms with Gasteiger partial charge in [0.05, 0.1) is 4.90 Å². The van der Waals surface area contributed by atoms with Crippen molar-refractivity contribution in [3.8, 4) is 0 Å². The van der Waals surface area contributed by atoms with E-state index in [0.717, 1.165) is 42.6 Å². The fourth-order valence-corrected chi connectivity index (χ4v) is 5.97.